The lowest BCUT2D eigenvalue weighted by Gasteiger charge is -2.45. The van der Waals surface area contributed by atoms with Gasteiger partial charge in [0.2, 0.25) is 0 Å². The second-order valence-corrected chi connectivity index (χ2v) is 4.48. The van der Waals surface area contributed by atoms with Crippen LogP contribution in [-0.2, 0) is 4.74 Å². The van der Waals surface area contributed by atoms with Crippen LogP contribution >= 0.6 is 0 Å². The molecular weight excluding hydrogens is 136 g/mol. The Bertz CT molecular complexity index is 123. The van der Waals surface area contributed by atoms with Gasteiger partial charge in [0.1, 0.15) is 0 Å². The van der Waals surface area contributed by atoms with E-state index in [1.807, 2.05) is 0 Å². The van der Waals surface area contributed by atoms with Crippen molar-refractivity contribution < 1.29 is 4.74 Å². The molecule has 0 aromatic heterocycles. The summed E-state index contributed by atoms with van der Waals surface area (Å²) in [5.74, 6) is 2.05. The van der Waals surface area contributed by atoms with Crippen molar-refractivity contribution in [2.75, 3.05) is 0 Å². The zero-order chi connectivity index (χ0) is 7.84. The Balaban J connectivity index is 1.79. The summed E-state index contributed by atoms with van der Waals surface area (Å²) in [5, 5.41) is 0. The molecule has 3 aliphatic carbocycles. The summed E-state index contributed by atoms with van der Waals surface area (Å²) in [6.45, 7) is 4.28. The normalized spacial score (nSPS) is 42.3. The SMILES string of the molecule is CC(C)OC1CC2CC(C2)C1. The van der Waals surface area contributed by atoms with Crippen molar-refractivity contribution in [1.29, 1.82) is 0 Å². The predicted octanol–water partition coefficient (Wildman–Crippen LogP) is 2.60. The van der Waals surface area contributed by atoms with Gasteiger partial charge in [-0.25, -0.2) is 0 Å². The van der Waals surface area contributed by atoms with Gasteiger partial charge in [-0.15, -0.1) is 0 Å². The fourth-order valence-electron chi connectivity index (χ4n) is 2.59. The van der Waals surface area contributed by atoms with Crippen LogP contribution < -0.4 is 0 Å². The molecular formula is C10H18O. The van der Waals surface area contributed by atoms with E-state index in [-0.39, 0.29) is 0 Å². The predicted molar refractivity (Wildman–Crippen MR) is 45.5 cm³/mol. The highest BCUT2D eigenvalue weighted by Crippen LogP contribution is 2.46. The van der Waals surface area contributed by atoms with E-state index in [1.54, 1.807) is 0 Å². The molecule has 11 heavy (non-hydrogen) atoms. The van der Waals surface area contributed by atoms with Gasteiger partial charge in [-0.1, -0.05) is 0 Å². The first kappa shape index (κ1) is 7.60. The lowest BCUT2D eigenvalue weighted by Crippen LogP contribution is -2.38. The molecule has 0 radical (unpaired) electrons. The summed E-state index contributed by atoms with van der Waals surface area (Å²) in [4.78, 5) is 0. The maximum Gasteiger partial charge on any atom is 0.0583 e. The van der Waals surface area contributed by atoms with Crippen molar-refractivity contribution in [2.24, 2.45) is 11.8 Å². The quantitative estimate of drug-likeness (QED) is 0.594. The van der Waals surface area contributed by atoms with Gasteiger partial charge in [-0.3, -0.25) is 0 Å². The molecule has 3 rings (SSSR count). The molecule has 0 aromatic rings. The molecule has 3 aliphatic rings. The summed E-state index contributed by atoms with van der Waals surface area (Å²) < 4.78 is 5.79. The van der Waals surface area contributed by atoms with E-state index < -0.39 is 0 Å². The zero-order valence-corrected chi connectivity index (χ0v) is 7.55. The third-order valence-corrected chi connectivity index (χ3v) is 2.99. The lowest BCUT2D eigenvalue weighted by atomic mass is 9.64. The van der Waals surface area contributed by atoms with E-state index in [1.165, 1.54) is 25.7 Å². The van der Waals surface area contributed by atoms with E-state index >= 15 is 0 Å². The van der Waals surface area contributed by atoms with Gasteiger partial charge < -0.3 is 4.74 Å². The minimum Gasteiger partial charge on any atom is -0.376 e. The number of hydrogen-bond donors (Lipinski definition) is 0. The van der Waals surface area contributed by atoms with E-state index in [9.17, 15) is 0 Å². The minimum atomic E-state index is 0.428. The molecule has 0 heterocycles. The molecule has 0 saturated heterocycles. The van der Waals surface area contributed by atoms with E-state index in [4.69, 9.17) is 4.74 Å². The Morgan fingerprint density at radius 2 is 1.55 bits per heavy atom. The molecule has 1 heteroatoms. The Morgan fingerprint density at radius 1 is 1.00 bits per heavy atom. The van der Waals surface area contributed by atoms with Crippen molar-refractivity contribution in [2.45, 2.75) is 51.7 Å². The summed E-state index contributed by atoms with van der Waals surface area (Å²) in [6, 6.07) is 0. The first-order chi connectivity index (χ1) is 5.24. The number of fused-ring (bicyclic) bond motifs is 2. The van der Waals surface area contributed by atoms with Gasteiger partial charge in [-0.05, 0) is 51.4 Å². The fraction of sp³-hybridized carbons (Fsp3) is 1.00. The molecule has 0 atom stereocenters. The molecule has 0 aromatic carbocycles. The standard InChI is InChI=1S/C10H18O/c1-7(2)11-10-5-8-3-9(4-8)6-10/h7-10H,3-6H2,1-2H3. The molecule has 64 valence electrons. The second kappa shape index (κ2) is 2.78. The highest BCUT2D eigenvalue weighted by molar-refractivity contribution is 4.89. The van der Waals surface area contributed by atoms with Crippen molar-refractivity contribution in [1.82, 2.24) is 0 Å². The maximum atomic E-state index is 5.79. The second-order valence-electron chi connectivity index (χ2n) is 4.48. The van der Waals surface area contributed by atoms with E-state index in [0.717, 1.165) is 11.8 Å². The summed E-state index contributed by atoms with van der Waals surface area (Å²) in [5.41, 5.74) is 0. The van der Waals surface area contributed by atoms with Crippen molar-refractivity contribution in [3.8, 4) is 0 Å². The third kappa shape index (κ3) is 1.58. The monoisotopic (exact) mass is 154 g/mol. The number of hydrogen-bond acceptors (Lipinski definition) is 1. The van der Waals surface area contributed by atoms with Crippen LogP contribution in [-0.4, -0.2) is 12.2 Å². The minimum absolute atomic E-state index is 0.428. The Hall–Kier alpha value is -0.0400. The average molecular weight is 154 g/mol. The highest BCUT2D eigenvalue weighted by atomic mass is 16.5. The van der Waals surface area contributed by atoms with E-state index in [2.05, 4.69) is 13.8 Å². The number of ether oxygens (including phenoxy) is 1. The topological polar surface area (TPSA) is 9.23 Å². The largest absolute Gasteiger partial charge is 0.376 e. The molecule has 3 saturated carbocycles. The Morgan fingerprint density at radius 3 is 2.00 bits per heavy atom. The van der Waals surface area contributed by atoms with Crippen LogP contribution in [0.2, 0.25) is 0 Å². The Kier molecular flexibility index (Phi) is 1.92. The maximum absolute atomic E-state index is 5.79. The lowest BCUT2D eigenvalue weighted by molar-refractivity contribution is -0.0732. The fourth-order valence-corrected chi connectivity index (χ4v) is 2.59. The van der Waals surface area contributed by atoms with Gasteiger partial charge in [-0.2, -0.15) is 0 Å². The molecule has 0 aliphatic heterocycles. The van der Waals surface area contributed by atoms with E-state index in [0.29, 0.717) is 12.2 Å². The van der Waals surface area contributed by atoms with Crippen LogP contribution in [0, 0.1) is 11.8 Å². The molecule has 0 unspecified atom stereocenters. The summed E-state index contributed by atoms with van der Waals surface area (Å²) in [7, 11) is 0. The molecule has 1 nitrogen and oxygen atoms in total. The van der Waals surface area contributed by atoms with Crippen molar-refractivity contribution in [3.05, 3.63) is 0 Å². The van der Waals surface area contributed by atoms with Gasteiger partial charge >= 0.3 is 0 Å². The molecule has 2 bridgehead atoms. The van der Waals surface area contributed by atoms with Crippen LogP contribution in [0.3, 0.4) is 0 Å². The molecule has 0 spiro atoms. The van der Waals surface area contributed by atoms with Gasteiger partial charge in [0, 0.05) is 0 Å². The Labute approximate surface area is 69.1 Å². The average Bonchev–Trinajstić information content (AvgIpc) is 1.83. The van der Waals surface area contributed by atoms with Crippen LogP contribution in [0.15, 0.2) is 0 Å². The molecule has 0 N–H and O–H groups in total. The molecule has 3 fully saturated rings. The number of rotatable bonds is 2. The van der Waals surface area contributed by atoms with Crippen LogP contribution in [0.25, 0.3) is 0 Å². The van der Waals surface area contributed by atoms with Crippen LogP contribution in [0.4, 0.5) is 0 Å². The zero-order valence-electron chi connectivity index (χ0n) is 7.55. The van der Waals surface area contributed by atoms with Crippen LogP contribution in [0.1, 0.15) is 39.5 Å². The molecule has 0 amide bonds. The third-order valence-electron chi connectivity index (χ3n) is 2.99. The smallest absolute Gasteiger partial charge is 0.0583 e. The van der Waals surface area contributed by atoms with Crippen molar-refractivity contribution in [3.63, 3.8) is 0 Å². The first-order valence-corrected chi connectivity index (χ1v) is 4.89. The van der Waals surface area contributed by atoms with Gasteiger partial charge in [0.15, 0.2) is 0 Å². The summed E-state index contributed by atoms with van der Waals surface area (Å²) in [6.07, 6.45) is 6.71. The van der Waals surface area contributed by atoms with Crippen molar-refractivity contribution >= 4 is 0 Å². The highest BCUT2D eigenvalue weighted by Gasteiger charge is 2.38. The summed E-state index contributed by atoms with van der Waals surface area (Å²) >= 11 is 0. The van der Waals surface area contributed by atoms with Crippen LogP contribution in [0.5, 0.6) is 0 Å². The first-order valence-electron chi connectivity index (χ1n) is 4.89. The van der Waals surface area contributed by atoms with Gasteiger partial charge in [0.25, 0.3) is 0 Å². The van der Waals surface area contributed by atoms with Gasteiger partial charge in [0.05, 0.1) is 12.2 Å².